The average molecular weight is 253 g/mol. The van der Waals surface area contributed by atoms with Crippen LogP contribution in [0.4, 0.5) is 8.78 Å². The molecule has 1 aromatic carbocycles. The Morgan fingerprint density at radius 2 is 2.07 bits per heavy atom. The van der Waals surface area contributed by atoms with E-state index in [1.165, 1.54) is 6.07 Å². The van der Waals surface area contributed by atoms with Gasteiger partial charge in [-0.05, 0) is 17.7 Å². The Balaban J connectivity index is 2.47. The predicted molar refractivity (Wildman–Crippen MR) is 55.2 cm³/mol. The largest absolute Gasteiger partial charge is 0.493 e. The van der Waals surface area contributed by atoms with Crippen LogP contribution in [0.25, 0.3) is 0 Å². The maximum atomic E-state index is 12.5. The minimum absolute atomic E-state index is 0.284. The summed E-state index contributed by atoms with van der Waals surface area (Å²) >= 11 is 11.4. The summed E-state index contributed by atoms with van der Waals surface area (Å²) in [6.45, 7) is 0.496. The number of hydrogen-bond acceptors (Lipinski definition) is 1. The zero-order valence-corrected chi connectivity index (χ0v) is 9.16. The number of rotatable bonds is 2. The molecule has 2 rings (SSSR count). The Bertz CT molecular complexity index is 382. The van der Waals surface area contributed by atoms with Crippen molar-refractivity contribution in [1.82, 2.24) is 0 Å². The highest BCUT2D eigenvalue weighted by molar-refractivity contribution is 6.31. The summed E-state index contributed by atoms with van der Waals surface area (Å²) in [6, 6.07) is 3.16. The van der Waals surface area contributed by atoms with Crippen LogP contribution in [0.5, 0.6) is 5.75 Å². The van der Waals surface area contributed by atoms with Gasteiger partial charge in [0.05, 0.1) is 6.61 Å². The third kappa shape index (κ3) is 2.04. The van der Waals surface area contributed by atoms with Gasteiger partial charge in [0, 0.05) is 17.0 Å². The second kappa shape index (κ2) is 4.14. The van der Waals surface area contributed by atoms with Crippen LogP contribution < -0.4 is 4.74 Å². The summed E-state index contributed by atoms with van der Waals surface area (Å²) in [5.74, 6) is 0.472. The molecule has 1 heterocycles. The van der Waals surface area contributed by atoms with E-state index in [9.17, 15) is 8.78 Å². The van der Waals surface area contributed by atoms with Crippen molar-refractivity contribution >= 4 is 23.2 Å². The zero-order valence-electron chi connectivity index (χ0n) is 7.64. The van der Waals surface area contributed by atoms with Crippen LogP contribution in [-0.2, 0) is 6.42 Å². The molecule has 1 aliphatic heterocycles. The van der Waals surface area contributed by atoms with Crippen LogP contribution in [0.15, 0.2) is 12.1 Å². The first kappa shape index (κ1) is 11.0. The quantitative estimate of drug-likeness (QED) is 0.728. The maximum absolute atomic E-state index is 12.5. The van der Waals surface area contributed by atoms with Gasteiger partial charge in [0.25, 0.3) is 6.43 Å². The van der Waals surface area contributed by atoms with Gasteiger partial charge in [-0.1, -0.05) is 11.6 Å². The van der Waals surface area contributed by atoms with Crippen LogP contribution in [0.2, 0.25) is 5.02 Å². The van der Waals surface area contributed by atoms with Gasteiger partial charge >= 0.3 is 0 Å². The van der Waals surface area contributed by atoms with Crippen LogP contribution in [-0.4, -0.2) is 13.0 Å². The molecule has 1 aromatic rings. The van der Waals surface area contributed by atoms with Crippen LogP contribution >= 0.6 is 23.2 Å². The van der Waals surface area contributed by atoms with Crippen molar-refractivity contribution in [3.05, 3.63) is 28.3 Å². The minimum atomic E-state index is -2.63. The first-order chi connectivity index (χ1) is 7.09. The van der Waals surface area contributed by atoms with E-state index in [0.717, 1.165) is 5.56 Å². The summed E-state index contributed by atoms with van der Waals surface area (Å²) in [7, 11) is 0. The molecule has 15 heavy (non-hydrogen) atoms. The number of ether oxygens (including phenoxy) is 1. The molecule has 1 aliphatic rings. The molecule has 1 unspecified atom stereocenters. The molecule has 0 bridgehead atoms. The molecular weight excluding hydrogens is 245 g/mol. The summed E-state index contributed by atoms with van der Waals surface area (Å²) < 4.78 is 30.2. The number of hydrogen-bond donors (Lipinski definition) is 0. The van der Waals surface area contributed by atoms with Gasteiger partial charge in [-0.25, -0.2) is 8.78 Å². The van der Waals surface area contributed by atoms with E-state index < -0.39 is 11.8 Å². The molecule has 0 aromatic heterocycles. The van der Waals surface area contributed by atoms with E-state index in [-0.39, 0.29) is 5.56 Å². The van der Waals surface area contributed by atoms with E-state index in [2.05, 4.69) is 0 Å². The summed E-state index contributed by atoms with van der Waals surface area (Å²) in [6.07, 6.45) is -1.94. The summed E-state index contributed by atoms with van der Waals surface area (Å²) in [5, 5.41) is -0.948. The molecule has 1 atom stereocenters. The molecule has 0 aliphatic carbocycles. The predicted octanol–water partition coefficient (Wildman–Crippen LogP) is 3.82. The zero-order chi connectivity index (χ0) is 11.0. The van der Waals surface area contributed by atoms with Gasteiger partial charge in [0.1, 0.15) is 11.1 Å². The molecule has 0 radical (unpaired) electrons. The van der Waals surface area contributed by atoms with Crippen LogP contribution in [0.1, 0.15) is 16.5 Å². The molecule has 0 saturated carbocycles. The lowest BCUT2D eigenvalue weighted by Crippen LogP contribution is -2.04. The van der Waals surface area contributed by atoms with Crippen molar-refractivity contribution in [2.45, 2.75) is 18.2 Å². The Morgan fingerprint density at radius 1 is 1.33 bits per heavy atom. The highest BCUT2D eigenvalue weighted by Crippen LogP contribution is 2.40. The lowest BCUT2D eigenvalue weighted by atomic mass is 10.1. The highest BCUT2D eigenvalue weighted by atomic mass is 35.5. The van der Waals surface area contributed by atoms with Crippen molar-refractivity contribution in [2.24, 2.45) is 0 Å². The van der Waals surface area contributed by atoms with Gasteiger partial charge in [0.15, 0.2) is 0 Å². The van der Waals surface area contributed by atoms with Gasteiger partial charge < -0.3 is 4.74 Å². The monoisotopic (exact) mass is 252 g/mol. The highest BCUT2D eigenvalue weighted by Gasteiger charge is 2.27. The lowest BCUT2D eigenvalue weighted by Gasteiger charge is -2.13. The molecule has 5 heteroatoms. The lowest BCUT2D eigenvalue weighted by molar-refractivity contribution is 0.141. The molecule has 0 fully saturated rings. The fourth-order valence-corrected chi connectivity index (χ4v) is 2.05. The Hall–Kier alpha value is -0.540. The minimum Gasteiger partial charge on any atom is -0.493 e. The first-order valence-corrected chi connectivity index (χ1v) is 5.28. The van der Waals surface area contributed by atoms with E-state index in [1.54, 1.807) is 6.07 Å². The van der Waals surface area contributed by atoms with Crippen molar-refractivity contribution in [3.63, 3.8) is 0 Å². The van der Waals surface area contributed by atoms with E-state index >= 15 is 0 Å². The Morgan fingerprint density at radius 3 is 2.73 bits per heavy atom. The maximum Gasteiger partial charge on any atom is 0.258 e. The van der Waals surface area contributed by atoms with Gasteiger partial charge in [-0.3, -0.25) is 0 Å². The van der Waals surface area contributed by atoms with E-state index in [4.69, 9.17) is 27.9 Å². The van der Waals surface area contributed by atoms with Crippen molar-refractivity contribution in [1.29, 1.82) is 0 Å². The third-order valence-corrected chi connectivity index (χ3v) is 2.94. The number of benzene rings is 1. The van der Waals surface area contributed by atoms with Crippen LogP contribution in [0.3, 0.4) is 0 Å². The third-order valence-electron chi connectivity index (χ3n) is 2.30. The van der Waals surface area contributed by atoms with Gasteiger partial charge in [-0.15, -0.1) is 11.6 Å². The topological polar surface area (TPSA) is 9.23 Å². The molecule has 0 N–H and O–H groups in total. The standard InChI is InChI=1S/C10H8Cl2F2O/c11-6-3-5-1-2-15-9(5)7(4-6)8(12)10(13)14/h3-4,8,10H,1-2H2. The van der Waals surface area contributed by atoms with Crippen LogP contribution in [0, 0.1) is 0 Å². The Kier molecular flexibility index (Phi) is 3.03. The van der Waals surface area contributed by atoms with Gasteiger partial charge in [-0.2, -0.15) is 0 Å². The molecule has 0 saturated heterocycles. The number of halogens is 4. The van der Waals surface area contributed by atoms with E-state index in [0.29, 0.717) is 23.8 Å². The van der Waals surface area contributed by atoms with Gasteiger partial charge in [0.2, 0.25) is 0 Å². The molecular formula is C10H8Cl2F2O. The first-order valence-electron chi connectivity index (χ1n) is 4.47. The second-order valence-corrected chi connectivity index (χ2v) is 4.22. The Labute approximate surface area is 95.9 Å². The SMILES string of the molecule is FC(F)C(Cl)c1cc(Cl)cc2c1OCC2. The smallest absolute Gasteiger partial charge is 0.258 e. The molecule has 0 spiro atoms. The van der Waals surface area contributed by atoms with Crippen molar-refractivity contribution < 1.29 is 13.5 Å². The van der Waals surface area contributed by atoms with E-state index in [1.807, 2.05) is 0 Å². The number of fused-ring (bicyclic) bond motifs is 1. The fraction of sp³-hybridized carbons (Fsp3) is 0.400. The number of alkyl halides is 3. The average Bonchev–Trinajstić information content (AvgIpc) is 2.62. The molecule has 0 amide bonds. The van der Waals surface area contributed by atoms with Crippen molar-refractivity contribution in [2.75, 3.05) is 6.61 Å². The van der Waals surface area contributed by atoms with Crippen molar-refractivity contribution in [3.8, 4) is 5.75 Å². The second-order valence-electron chi connectivity index (χ2n) is 3.32. The summed E-state index contributed by atoms with van der Waals surface area (Å²) in [4.78, 5) is 0. The fourth-order valence-electron chi connectivity index (χ4n) is 1.64. The molecule has 1 nitrogen and oxygen atoms in total. The normalized spacial score (nSPS) is 16.3. The molecule has 82 valence electrons. The summed E-state index contributed by atoms with van der Waals surface area (Å²) in [5.41, 5.74) is 1.13.